The molecule has 0 bridgehead atoms. The average Bonchev–Trinajstić information content (AvgIpc) is 3.62. The predicted octanol–water partition coefficient (Wildman–Crippen LogP) is 6.86. The molecule has 196 valence electrons. The van der Waals surface area contributed by atoms with Gasteiger partial charge in [0.15, 0.2) is 0 Å². The van der Waals surface area contributed by atoms with Gasteiger partial charge in [-0.05, 0) is 86.5 Å². The molecule has 1 saturated heterocycles. The maximum absolute atomic E-state index is 14.5. The third kappa shape index (κ3) is 8.06. The number of rotatable bonds is 9. The smallest absolute Gasteiger partial charge is 0.492 e. The number of amides is 1. The lowest BCUT2D eigenvalue weighted by atomic mass is 9.97. The molecular weight excluding hydrogens is 543 g/mol. The van der Waals surface area contributed by atoms with Crippen molar-refractivity contribution in [3.63, 3.8) is 0 Å². The van der Waals surface area contributed by atoms with Crippen LogP contribution in [0.25, 0.3) is 0 Å². The molecule has 1 amide bonds. The maximum atomic E-state index is 14.5. The highest BCUT2D eigenvalue weighted by atomic mass is 35.5. The number of nitrogens with one attached hydrogen (secondary N) is 1. The van der Waals surface area contributed by atoms with E-state index in [-0.39, 0.29) is 33.0 Å². The Bertz CT molecular complexity index is 1090. The van der Waals surface area contributed by atoms with E-state index < -0.39 is 18.1 Å². The Morgan fingerprint density at radius 1 is 1.08 bits per heavy atom. The van der Waals surface area contributed by atoms with Crippen LogP contribution in [0.3, 0.4) is 0 Å². The van der Waals surface area contributed by atoms with Gasteiger partial charge in [-0.3, -0.25) is 14.4 Å². The van der Waals surface area contributed by atoms with Crippen LogP contribution in [0.1, 0.15) is 41.6 Å². The first-order valence-electron chi connectivity index (χ1n) is 11.4. The zero-order chi connectivity index (χ0) is 25.9. The van der Waals surface area contributed by atoms with E-state index in [0.29, 0.717) is 37.1 Å². The Morgan fingerprint density at radius 3 is 2.47 bits per heavy atom. The van der Waals surface area contributed by atoms with Gasteiger partial charge in [0.1, 0.15) is 17.3 Å². The van der Waals surface area contributed by atoms with Crippen molar-refractivity contribution in [1.82, 2.24) is 9.62 Å². The van der Waals surface area contributed by atoms with E-state index in [4.69, 9.17) is 27.9 Å². The topological polar surface area (TPSA) is 50.8 Å². The lowest BCUT2D eigenvalue weighted by Gasteiger charge is -2.32. The minimum absolute atomic E-state index is 0.126. The third-order valence-corrected chi connectivity index (χ3v) is 7.48. The number of benzene rings is 2. The fraction of sp³-hybridized carbons (Fsp3) is 0.458. The second kappa shape index (κ2) is 11.7. The summed E-state index contributed by atoms with van der Waals surface area (Å²) in [6.45, 7) is 2.17. The Kier molecular flexibility index (Phi) is 8.80. The van der Waals surface area contributed by atoms with Gasteiger partial charge in [0, 0.05) is 22.9 Å². The minimum atomic E-state index is -4.78. The van der Waals surface area contributed by atoms with Crippen molar-refractivity contribution in [2.45, 2.75) is 43.8 Å². The monoisotopic (exact) mass is 566 g/mol. The van der Waals surface area contributed by atoms with Crippen LogP contribution in [0.15, 0.2) is 30.3 Å². The first-order chi connectivity index (χ1) is 17.1. The van der Waals surface area contributed by atoms with E-state index in [1.165, 1.54) is 24.1 Å². The number of piperidine rings is 1. The zero-order valence-electron chi connectivity index (χ0n) is 19.0. The molecule has 36 heavy (non-hydrogen) atoms. The van der Waals surface area contributed by atoms with Gasteiger partial charge in [-0.2, -0.15) is 0 Å². The molecule has 0 radical (unpaired) electrons. The molecule has 5 nitrogen and oxygen atoms in total. The average molecular weight is 567 g/mol. The van der Waals surface area contributed by atoms with Crippen LogP contribution >= 0.6 is 35.1 Å². The van der Waals surface area contributed by atoms with Crippen LogP contribution in [-0.4, -0.2) is 42.1 Å². The predicted molar refractivity (Wildman–Crippen MR) is 131 cm³/mol. The lowest BCUT2D eigenvalue weighted by molar-refractivity contribution is -0.274. The van der Waals surface area contributed by atoms with Crippen LogP contribution in [0.2, 0.25) is 10.0 Å². The summed E-state index contributed by atoms with van der Waals surface area (Å²) in [5.41, 5.74) is 0.497. The van der Waals surface area contributed by atoms with Crippen molar-refractivity contribution in [1.29, 1.82) is 0 Å². The number of carbonyl (C=O) groups excluding carboxylic acids is 1. The molecule has 0 unspecified atom stereocenters. The van der Waals surface area contributed by atoms with Gasteiger partial charge in [0.25, 0.3) is 5.91 Å². The largest absolute Gasteiger partial charge is 0.573 e. The van der Waals surface area contributed by atoms with Crippen LogP contribution in [0.5, 0.6) is 11.5 Å². The number of hydrogen-bond donors (Lipinski definition) is 1. The van der Waals surface area contributed by atoms with Crippen molar-refractivity contribution >= 4 is 41.1 Å². The first-order valence-corrected chi connectivity index (χ1v) is 13.0. The highest BCUT2D eigenvalue weighted by Crippen LogP contribution is 2.33. The van der Waals surface area contributed by atoms with E-state index in [1.54, 1.807) is 6.07 Å². The highest BCUT2D eigenvalue weighted by molar-refractivity contribution is 7.98. The highest BCUT2D eigenvalue weighted by Gasteiger charge is 2.31. The zero-order valence-corrected chi connectivity index (χ0v) is 21.4. The molecule has 1 heterocycles. The number of nitrogens with zero attached hydrogens (tertiary/aromatic N) is 1. The molecule has 1 aliphatic carbocycles. The lowest BCUT2D eigenvalue weighted by Crippen LogP contribution is -2.35. The van der Waals surface area contributed by atoms with E-state index in [1.807, 2.05) is 0 Å². The van der Waals surface area contributed by atoms with E-state index in [2.05, 4.69) is 14.4 Å². The maximum Gasteiger partial charge on any atom is 0.573 e. The Hall–Kier alpha value is -1.88. The number of halogens is 6. The van der Waals surface area contributed by atoms with Crippen LogP contribution < -0.4 is 14.2 Å². The molecule has 0 spiro atoms. The number of alkyl halides is 3. The van der Waals surface area contributed by atoms with Crippen molar-refractivity contribution in [2.75, 3.05) is 19.7 Å². The fourth-order valence-corrected chi connectivity index (χ4v) is 5.09. The number of ether oxygens (including phenoxy) is 2. The van der Waals surface area contributed by atoms with Gasteiger partial charge in [0.2, 0.25) is 0 Å². The standard InChI is InChI=1S/C24H24Cl2F4N2O3S/c25-16-7-15(8-17(9-16)35-24(28,29)30)12-32-5-3-14(4-6-32)13-34-22-11-21(27)19(10-20(22)26)23(33)31-36-18-1-2-18/h7-11,14,18H,1-6,12-13H2,(H,31,33). The van der Waals surface area contributed by atoms with Crippen molar-refractivity contribution in [3.05, 3.63) is 57.3 Å². The summed E-state index contributed by atoms with van der Waals surface area (Å²) in [5.74, 6) is -1.20. The molecule has 2 fully saturated rings. The van der Waals surface area contributed by atoms with Crippen LogP contribution in [-0.2, 0) is 6.54 Å². The number of likely N-dealkylation sites (tertiary alicyclic amines) is 1. The Balaban J connectivity index is 1.26. The van der Waals surface area contributed by atoms with Crippen molar-refractivity contribution < 1.29 is 31.8 Å². The molecule has 2 aromatic rings. The van der Waals surface area contributed by atoms with E-state index in [9.17, 15) is 22.4 Å². The number of carbonyl (C=O) groups is 1. The van der Waals surface area contributed by atoms with Gasteiger partial charge in [-0.15, -0.1) is 13.2 Å². The van der Waals surface area contributed by atoms with Crippen LogP contribution in [0.4, 0.5) is 17.6 Å². The SMILES string of the molecule is O=C(NSC1CC1)c1cc(Cl)c(OCC2CCN(Cc3cc(Cl)cc(OC(F)(F)F)c3)CC2)cc1F. The molecule has 2 aliphatic rings. The van der Waals surface area contributed by atoms with E-state index >= 15 is 0 Å². The molecular formula is C24H24Cl2F4N2O3S. The second-order valence-corrected chi connectivity index (χ2v) is 10.8. The molecule has 2 aromatic carbocycles. The molecule has 1 saturated carbocycles. The van der Waals surface area contributed by atoms with Gasteiger partial charge in [-0.25, -0.2) is 4.39 Å². The molecule has 1 aliphatic heterocycles. The third-order valence-electron chi connectivity index (χ3n) is 5.86. The molecule has 4 rings (SSSR count). The molecule has 1 N–H and O–H groups in total. The Labute approximate surface area is 220 Å². The summed E-state index contributed by atoms with van der Waals surface area (Å²) in [7, 11) is 0. The molecule has 0 aromatic heterocycles. The normalized spacial score (nSPS) is 17.2. The summed E-state index contributed by atoms with van der Waals surface area (Å²) in [5, 5.41) is 0.727. The summed E-state index contributed by atoms with van der Waals surface area (Å²) in [6, 6.07) is 6.49. The summed E-state index contributed by atoms with van der Waals surface area (Å²) >= 11 is 13.5. The van der Waals surface area contributed by atoms with Gasteiger partial charge in [-0.1, -0.05) is 23.2 Å². The summed E-state index contributed by atoms with van der Waals surface area (Å²) in [6.07, 6.45) is -1.14. The van der Waals surface area contributed by atoms with Gasteiger partial charge >= 0.3 is 6.36 Å². The van der Waals surface area contributed by atoms with Crippen molar-refractivity contribution in [3.8, 4) is 11.5 Å². The molecule has 12 heteroatoms. The summed E-state index contributed by atoms with van der Waals surface area (Å²) < 4.78 is 64.5. The first kappa shape index (κ1) is 27.2. The fourth-order valence-electron chi connectivity index (χ4n) is 3.87. The van der Waals surface area contributed by atoms with Gasteiger partial charge in [0.05, 0.1) is 17.2 Å². The van der Waals surface area contributed by atoms with E-state index in [0.717, 1.165) is 37.8 Å². The molecule has 0 atom stereocenters. The minimum Gasteiger partial charge on any atom is -0.492 e. The quantitative estimate of drug-likeness (QED) is 0.265. The summed E-state index contributed by atoms with van der Waals surface area (Å²) in [4.78, 5) is 14.3. The van der Waals surface area contributed by atoms with Crippen LogP contribution in [0, 0.1) is 11.7 Å². The van der Waals surface area contributed by atoms with Gasteiger partial charge < -0.3 is 9.47 Å². The second-order valence-electron chi connectivity index (χ2n) is 8.88. The number of hydrogen-bond acceptors (Lipinski definition) is 5. The Morgan fingerprint density at radius 2 is 1.81 bits per heavy atom. The van der Waals surface area contributed by atoms with Crippen molar-refractivity contribution in [2.24, 2.45) is 5.92 Å².